The summed E-state index contributed by atoms with van der Waals surface area (Å²) >= 11 is 1.75. The molecule has 0 N–H and O–H groups in total. The number of nitrogens with zero attached hydrogens (tertiary/aromatic N) is 1. The highest BCUT2D eigenvalue weighted by Gasteiger charge is 2.18. The van der Waals surface area contributed by atoms with Gasteiger partial charge in [-0.2, -0.15) is 0 Å². The predicted molar refractivity (Wildman–Crippen MR) is 69.6 cm³/mol. The Balaban J connectivity index is 1.76. The maximum atomic E-state index is 5.78. The van der Waals surface area contributed by atoms with E-state index >= 15 is 0 Å². The van der Waals surface area contributed by atoms with Crippen LogP contribution in [0.15, 0.2) is 35.8 Å². The molecule has 0 saturated carbocycles. The van der Waals surface area contributed by atoms with E-state index in [1.54, 1.807) is 11.3 Å². The molecule has 0 radical (unpaired) electrons. The third kappa shape index (κ3) is 2.50. The fourth-order valence-corrected chi connectivity index (χ4v) is 3.07. The minimum atomic E-state index is 0.657. The Morgan fingerprint density at radius 3 is 3.18 bits per heavy atom. The lowest BCUT2D eigenvalue weighted by atomic mass is 9.94. The molecule has 3 rings (SSSR count). The minimum Gasteiger partial charge on any atom is -0.493 e. The van der Waals surface area contributed by atoms with Gasteiger partial charge in [0.15, 0.2) is 0 Å². The van der Waals surface area contributed by atoms with Crippen LogP contribution < -0.4 is 4.74 Å². The number of ether oxygens (including phenoxy) is 1. The monoisotopic (exact) mass is 245 g/mol. The van der Waals surface area contributed by atoms with Crippen molar-refractivity contribution in [2.45, 2.75) is 19.3 Å². The summed E-state index contributed by atoms with van der Waals surface area (Å²) in [6, 6.07) is 8.38. The molecule has 1 aromatic heterocycles. The highest BCUT2D eigenvalue weighted by atomic mass is 32.1. The smallest absolute Gasteiger partial charge is 0.122 e. The van der Waals surface area contributed by atoms with E-state index in [0.29, 0.717) is 5.92 Å². The van der Waals surface area contributed by atoms with Crippen molar-refractivity contribution >= 4 is 11.3 Å². The van der Waals surface area contributed by atoms with Crippen molar-refractivity contribution in [3.63, 3.8) is 0 Å². The summed E-state index contributed by atoms with van der Waals surface area (Å²) in [5, 5.41) is 3.30. The van der Waals surface area contributed by atoms with Gasteiger partial charge in [-0.05, 0) is 30.4 Å². The first kappa shape index (κ1) is 10.8. The summed E-state index contributed by atoms with van der Waals surface area (Å²) in [6.07, 6.45) is 5.19. The van der Waals surface area contributed by atoms with E-state index in [9.17, 15) is 0 Å². The fourth-order valence-electron chi connectivity index (χ4n) is 2.34. The highest BCUT2D eigenvalue weighted by molar-refractivity contribution is 7.09. The quantitative estimate of drug-likeness (QED) is 0.809. The standard InChI is InChI=1S/C14H15NOS/c1-2-4-13-12(3-1)9-11(5-7-16-13)10-14-15-6-8-17-14/h1-4,6,8,11H,5,7,9-10H2/t11-/m0/s1. The second-order valence-electron chi connectivity index (χ2n) is 4.44. The van der Waals surface area contributed by atoms with Crippen molar-refractivity contribution in [2.75, 3.05) is 6.61 Å². The molecule has 2 aromatic rings. The Morgan fingerprint density at radius 1 is 1.35 bits per heavy atom. The Labute approximate surface area is 105 Å². The van der Waals surface area contributed by atoms with Crippen LogP contribution in [0.2, 0.25) is 0 Å². The van der Waals surface area contributed by atoms with Crippen molar-refractivity contribution in [1.29, 1.82) is 0 Å². The molecule has 1 aliphatic heterocycles. The van der Waals surface area contributed by atoms with Crippen LogP contribution in [0, 0.1) is 5.92 Å². The van der Waals surface area contributed by atoms with Crippen LogP contribution in [0.3, 0.4) is 0 Å². The molecule has 3 heteroatoms. The fraction of sp³-hybridized carbons (Fsp3) is 0.357. The zero-order valence-electron chi connectivity index (χ0n) is 9.63. The Bertz CT molecular complexity index is 481. The molecule has 1 aromatic carbocycles. The van der Waals surface area contributed by atoms with Crippen LogP contribution in [0.25, 0.3) is 0 Å². The molecule has 1 aliphatic rings. The van der Waals surface area contributed by atoms with Crippen LogP contribution >= 0.6 is 11.3 Å². The molecule has 0 aliphatic carbocycles. The Hall–Kier alpha value is -1.35. The number of hydrogen-bond donors (Lipinski definition) is 0. The lowest BCUT2D eigenvalue weighted by Gasteiger charge is -2.11. The number of fused-ring (bicyclic) bond motifs is 1. The molecule has 2 heterocycles. The van der Waals surface area contributed by atoms with E-state index in [1.807, 2.05) is 12.3 Å². The number of hydrogen-bond acceptors (Lipinski definition) is 3. The number of para-hydroxylation sites is 1. The first-order chi connectivity index (χ1) is 8.42. The molecule has 17 heavy (non-hydrogen) atoms. The van der Waals surface area contributed by atoms with Gasteiger partial charge in [-0.3, -0.25) is 0 Å². The normalized spacial score (nSPS) is 19.2. The zero-order chi connectivity index (χ0) is 11.5. The third-order valence-electron chi connectivity index (χ3n) is 3.21. The van der Waals surface area contributed by atoms with Crippen LogP contribution in [-0.4, -0.2) is 11.6 Å². The van der Waals surface area contributed by atoms with Crippen LogP contribution in [0.4, 0.5) is 0 Å². The van der Waals surface area contributed by atoms with Crippen LogP contribution in [0.5, 0.6) is 5.75 Å². The van der Waals surface area contributed by atoms with Gasteiger partial charge < -0.3 is 4.74 Å². The van der Waals surface area contributed by atoms with Gasteiger partial charge >= 0.3 is 0 Å². The average molecular weight is 245 g/mol. The zero-order valence-corrected chi connectivity index (χ0v) is 10.5. The number of rotatable bonds is 2. The first-order valence-electron chi connectivity index (χ1n) is 6.01. The Kier molecular flexibility index (Phi) is 3.10. The topological polar surface area (TPSA) is 22.1 Å². The molecule has 0 spiro atoms. The lowest BCUT2D eigenvalue weighted by Crippen LogP contribution is -2.08. The van der Waals surface area contributed by atoms with E-state index < -0.39 is 0 Å². The molecular formula is C14H15NOS. The molecule has 0 bridgehead atoms. The summed E-state index contributed by atoms with van der Waals surface area (Å²) in [4.78, 5) is 4.37. The minimum absolute atomic E-state index is 0.657. The molecular weight excluding hydrogens is 230 g/mol. The van der Waals surface area contributed by atoms with Crippen molar-refractivity contribution in [3.8, 4) is 5.75 Å². The molecule has 0 amide bonds. The lowest BCUT2D eigenvalue weighted by molar-refractivity contribution is 0.294. The number of thiazole rings is 1. The molecule has 0 unspecified atom stereocenters. The van der Waals surface area contributed by atoms with Crippen molar-refractivity contribution < 1.29 is 4.74 Å². The van der Waals surface area contributed by atoms with E-state index in [-0.39, 0.29) is 0 Å². The van der Waals surface area contributed by atoms with E-state index in [0.717, 1.165) is 31.6 Å². The van der Waals surface area contributed by atoms with Gasteiger partial charge in [0.25, 0.3) is 0 Å². The molecule has 1 atom stereocenters. The van der Waals surface area contributed by atoms with Gasteiger partial charge in [0.1, 0.15) is 5.75 Å². The number of aromatic nitrogens is 1. The van der Waals surface area contributed by atoms with E-state index in [2.05, 4.69) is 28.6 Å². The second kappa shape index (κ2) is 4.88. The van der Waals surface area contributed by atoms with Gasteiger partial charge in [-0.1, -0.05) is 18.2 Å². The van der Waals surface area contributed by atoms with Gasteiger partial charge in [-0.25, -0.2) is 4.98 Å². The van der Waals surface area contributed by atoms with Crippen molar-refractivity contribution in [2.24, 2.45) is 5.92 Å². The van der Waals surface area contributed by atoms with Gasteiger partial charge in [-0.15, -0.1) is 11.3 Å². The molecule has 0 fully saturated rings. The largest absolute Gasteiger partial charge is 0.493 e. The summed E-state index contributed by atoms with van der Waals surface area (Å²) in [5.74, 6) is 1.72. The maximum Gasteiger partial charge on any atom is 0.122 e. The molecule has 0 saturated heterocycles. The summed E-state index contributed by atoms with van der Waals surface area (Å²) in [5.41, 5.74) is 1.34. The van der Waals surface area contributed by atoms with Gasteiger partial charge in [0, 0.05) is 18.0 Å². The summed E-state index contributed by atoms with van der Waals surface area (Å²) < 4.78 is 5.78. The maximum absolute atomic E-state index is 5.78. The van der Waals surface area contributed by atoms with E-state index in [4.69, 9.17) is 4.74 Å². The van der Waals surface area contributed by atoms with E-state index in [1.165, 1.54) is 10.6 Å². The molecule has 88 valence electrons. The van der Waals surface area contributed by atoms with Crippen LogP contribution in [-0.2, 0) is 12.8 Å². The predicted octanol–water partition coefficient (Wildman–Crippen LogP) is 3.33. The molecule has 2 nitrogen and oxygen atoms in total. The van der Waals surface area contributed by atoms with Crippen molar-refractivity contribution in [1.82, 2.24) is 4.98 Å². The van der Waals surface area contributed by atoms with Crippen LogP contribution in [0.1, 0.15) is 17.0 Å². The first-order valence-corrected chi connectivity index (χ1v) is 6.89. The highest BCUT2D eigenvalue weighted by Crippen LogP contribution is 2.28. The summed E-state index contributed by atoms with van der Waals surface area (Å²) in [6.45, 7) is 0.826. The summed E-state index contributed by atoms with van der Waals surface area (Å²) in [7, 11) is 0. The SMILES string of the molecule is c1ccc2c(c1)C[C@@H](Cc1nccs1)CCO2. The van der Waals surface area contributed by atoms with Crippen molar-refractivity contribution in [3.05, 3.63) is 46.4 Å². The average Bonchev–Trinajstić information content (AvgIpc) is 2.76. The second-order valence-corrected chi connectivity index (χ2v) is 5.42. The number of benzene rings is 1. The van der Waals surface area contributed by atoms with Gasteiger partial charge in [0.2, 0.25) is 0 Å². The third-order valence-corrected chi connectivity index (χ3v) is 4.01. The van der Waals surface area contributed by atoms with Gasteiger partial charge in [0.05, 0.1) is 11.6 Å². The Morgan fingerprint density at radius 2 is 2.29 bits per heavy atom.